The molecule has 0 atom stereocenters. The Hall–Kier alpha value is -1.13. The Labute approximate surface area is 78.8 Å². The fourth-order valence-electron chi connectivity index (χ4n) is 1.08. The molecule has 0 aliphatic carbocycles. The molecule has 78 valence electrons. The Bertz CT molecular complexity index is 330. The number of alkyl halides is 3. The minimum absolute atomic E-state index is 0.153. The second kappa shape index (κ2) is 3.55. The molecule has 1 rings (SSSR count). The summed E-state index contributed by atoms with van der Waals surface area (Å²) in [6.45, 7) is 3.18. The highest BCUT2D eigenvalue weighted by Crippen LogP contribution is 2.33. The smallest absolute Gasteiger partial charge is 0.258 e. The van der Waals surface area contributed by atoms with Crippen LogP contribution in [0.1, 0.15) is 31.0 Å². The van der Waals surface area contributed by atoms with E-state index in [9.17, 15) is 17.6 Å². The summed E-state index contributed by atoms with van der Waals surface area (Å²) >= 11 is 0. The van der Waals surface area contributed by atoms with Crippen LogP contribution in [0.15, 0.2) is 12.3 Å². The van der Waals surface area contributed by atoms with Gasteiger partial charge in [-0.15, -0.1) is 0 Å². The molecule has 1 aromatic heterocycles. The summed E-state index contributed by atoms with van der Waals surface area (Å²) in [6, 6.07) is 0.640. The molecule has 0 radical (unpaired) electrons. The number of halogens is 4. The van der Waals surface area contributed by atoms with Crippen LogP contribution in [0, 0.1) is 5.82 Å². The van der Waals surface area contributed by atoms with Gasteiger partial charge >= 0.3 is 6.18 Å². The molecule has 0 amide bonds. The van der Waals surface area contributed by atoms with E-state index in [1.54, 1.807) is 13.8 Å². The van der Waals surface area contributed by atoms with Crippen molar-refractivity contribution in [3.63, 3.8) is 0 Å². The number of pyridine rings is 1. The Balaban J connectivity index is 3.28. The van der Waals surface area contributed by atoms with Gasteiger partial charge in [0.1, 0.15) is 0 Å². The van der Waals surface area contributed by atoms with Crippen molar-refractivity contribution in [1.82, 2.24) is 4.98 Å². The van der Waals surface area contributed by atoms with Crippen LogP contribution >= 0.6 is 0 Å². The van der Waals surface area contributed by atoms with Crippen molar-refractivity contribution < 1.29 is 17.6 Å². The van der Waals surface area contributed by atoms with Crippen molar-refractivity contribution >= 4 is 0 Å². The van der Waals surface area contributed by atoms with Gasteiger partial charge in [-0.05, 0) is 12.0 Å². The first-order chi connectivity index (χ1) is 6.34. The van der Waals surface area contributed by atoms with Gasteiger partial charge in [0, 0.05) is 6.20 Å². The monoisotopic (exact) mass is 207 g/mol. The van der Waals surface area contributed by atoms with Crippen molar-refractivity contribution in [3.05, 3.63) is 29.3 Å². The van der Waals surface area contributed by atoms with Gasteiger partial charge in [-0.1, -0.05) is 13.8 Å². The van der Waals surface area contributed by atoms with Crippen LogP contribution in [-0.4, -0.2) is 4.98 Å². The predicted molar refractivity (Wildman–Crippen MR) is 43.3 cm³/mol. The van der Waals surface area contributed by atoms with E-state index in [2.05, 4.69) is 4.98 Å². The molecule has 1 heterocycles. The van der Waals surface area contributed by atoms with Crippen molar-refractivity contribution in [2.45, 2.75) is 25.9 Å². The first kappa shape index (κ1) is 10.9. The fraction of sp³-hybridized carbons (Fsp3) is 0.444. The van der Waals surface area contributed by atoms with Crippen LogP contribution in [-0.2, 0) is 6.18 Å². The summed E-state index contributed by atoms with van der Waals surface area (Å²) in [6.07, 6.45) is -3.68. The third-order valence-corrected chi connectivity index (χ3v) is 1.77. The molecule has 1 aromatic rings. The van der Waals surface area contributed by atoms with E-state index >= 15 is 0 Å². The second-order valence-electron chi connectivity index (χ2n) is 3.21. The fourth-order valence-corrected chi connectivity index (χ4v) is 1.08. The van der Waals surface area contributed by atoms with E-state index in [4.69, 9.17) is 0 Å². The average molecular weight is 207 g/mol. The number of nitrogens with zero attached hydrogens (tertiary/aromatic N) is 1. The molecule has 0 saturated carbocycles. The summed E-state index contributed by atoms with van der Waals surface area (Å²) in [4.78, 5) is 3.58. The predicted octanol–water partition coefficient (Wildman–Crippen LogP) is 3.36. The molecular formula is C9H9F4N. The molecule has 14 heavy (non-hydrogen) atoms. The third kappa shape index (κ3) is 2.02. The minimum atomic E-state index is -4.66. The molecule has 0 aliphatic heterocycles. The summed E-state index contributed by atoms with van der Waals surface area (Å²) < 4.78 is 49.9. The van der Waals surface area contributed by atoms with Gasteiger partial charge in [-0.2, -0.15) is 13.2 Å². The third-order valence-electron chi connectivity index (χ3n) is 1.77. The zero-order chi connectivity index (χ0) is 10.9. The zero-order valence-corrected chi connectivity index (χ0v) is 7.69. The minimum Gasteiger partial charge on any atom is -0.258 e. The number of hydrogen-bond acceptors (Lipinski definition) is 1. The van der Waals surface area contributed by atoms with Gasteiger partial charge in [-0.3, -0.25) is 4.98 Å². The average Bonchev–Trinajstić information content (AvgIpc) is 2.01. The highest BCUT2D eigenvalue weighted by Gasteiger charge is 2.35. The zero-order valence-electron chi connectivity index (χ0n) is 7.69. The Morgan fingerprint density at radius 2 is 1.86 bits per heavy atom. The normalized spacial score (nSPS) is 12.2. The second-order valence-corrected chi connectivity index (χ2v) is 3.21. The lowest BCUT2D eigenvalue weighted by molar-refractivity contribution is -0.140. The summed E-state index contributed by atoms with van der Waals surface area (Å²) in [5, 5.41) is 0. The van der Waals surface area contributed by atoms with E-state index in [1.807, 2.05) is 0 Å². The molecule has 0 unspecified atom stereocenters. The highest BCUT2D eigenvalue weighted by molar-refractivity contribution is 5.23. The molecule has 0 bridgehead atoms. The van der Waals surface area contributed by atoms with E-state index in [0.717, 1.165) is 6.20 Å². The Morgan fingerprint density at radius 3 is 2.29 bits per heavy atom. The van der Waals surface area contributed by atoms with Gasteiger partial charge in [0.05, 0.1) is 11.3 Å². The van der Waals surface area contributed by atoms with Gasteiger partial charge in [0.15, 0.2) is 5.82 Å². The van der Waals surface area contributed by atoms with Gasteiger partial charge < -0.3 is 0 Å². The quantitative estimate of drug-likeness (QED) is 0.643. The lowest BCUT2D eigenvalue weighted by atomic mass is 10.1. The van der Waals surface area contributed by atoms with Gasteiger partial charge in [-0.25, -0.2) is 4.39 Å². The molecule has 0 aliphatic rings. The summed E-state index contributed by atoms with van der Waals surface area (Å²) in [5.41, 5.74) is -1.41. The summed E-state index contributed by atoms with van der Waals surface area (Å²) in [7, 11) is 0. The van der Waals surface area contributed by atoms with E-state index in [1.165, 1.54) is 0 Å². The molecule has 0 aromatic carbocycles. The van der Waals surface area contributed by atoms with Crippen LogP contribution in [0.2, 0.25) is 0 Å². The van der Waals surface area contributed by atoms with Crippen molar-refractivity contribution in [1.29, 1.82) is 0 Å². The van der Waals surface area contributed by atoms with Crippen molar-refractivity contribution in [3.8, 4) is 0 Å². The first-order valence-corrected chi connectivity index (χ1v) is 4.05. The van der Waals surface area contributed by atoms with Crippen molar-refractivity contribution in [2.24, 2.45) is 0 Å². The maximum atomic E-state index is 13.2. The summed E-state index contributed by atoms with van der Waals surface area (Å²) in [5.74, 6) is -1.63. The number of hydrogen-bond donors (Lipinski definition) is 0. The van der Waals surface area contributed by atoms with E-state index in [-0.39, 0.29) is 11.6 Å². The van der Waals surface area contributed by atoms with Crippen LogP contribution in [0.5, 0.6) is 0 Å². The molecular weight excluding hydrogens is 198 g/mol. The molecule has 0 spiro atoms. The van der Waals surface area contributed by atoms with Crippen LogP contribution in [0.25, 0.3) is 0 Å². The topological polar surface area (TPSA) is 12.9 Å². The van der Waals surface area contributed by atoms with Crippen LogP contribution in [0.4, 0.5) is 17.6 Å². The van der Waals surface area contributed by atoms with Crippen LogP contribution < -0.4 is 0 Å². The maximum Gasteiger partial charge on any atom is 0.419 e. The number of aromatic nitrogens is 1. The molecule has 1 nitrogen and oxygen atoms in total. The lowest BCUT2D eigenvalue weighted by Crippen LogP contribution is -2.11. The highest BCUT2D eigenvalue weighted by atomic mass is 19.4. The molecule has 5 heteroatoms. The Kier molecular flexibility index (Phi) is 2.78. The SMILES string of the molecule is CC(C)c1nccc(C(F)(F)F)c1F. The standard InChI is InChI=1S/C9H9F4N/c1-5(2)8-7(10)6(3-4-14-8)9(11,12)13/h3-5H,1-2H3. The van der Waals surface area contributed by atoms with Gasteiger partial charge in [0.25, 0.3) is 0 Å². The molecule has 0 fully saturated rings. The van der Waals surface area contributed by atoms with E-state index < -0.39 is 17.6 Å². The van der Waals surface area contributed by atoms with Gasteiger partial charge in [0.2, 0.25) is 0 Å². The Morgan fingerprint density at radius 1 is 1.29 bits per heavy atom. The maximum absolute atomic E-state index is 13.2. The number of rotatable bonds is 1. The molecule has 0 N–H and O–H groups in total. The van der Waals surface area contributed by atoms with E-state index in [0.29, 0.717) is 6.07 Å². The lowest BCUT2D eigenvalue weighted by Gasteiger charge is -2.11. The first-order valence-electron chi connectivity index (χ1n) is 4.05. The largest absolute Gasteiger partial charge is 0.419 e. The molecule has 0 saturated heterocycles. The van der Waals surface area contributed by atoms with Crippen molar-refractivity contribution in [2.75, 3.05) is 0 Å². The van der Waals surface area contributed by atoms with Crippen LogP contribution in [0.3, 0.4) is 0 Å².